The van der Waals surface area contributed by atoms with Crippen LogP contribution in [0.25, 0.3) is 0 Å². The summed E-state index contributed by atoms with van der Waals surface area (Å²) in [6, 6.07) is 0. The van der Waals surface area contributed by atoms with Gasteiger partial charge >= 0.3 is 5.97 Å². The van der Waals surface area contributed by atoms with E-state index in [0.29, 0.717) is 6.42 Å². The van der Waals surface area contributed by atoms with E-state index in [2.05, 4.69) is 6.08 Å². The standard InChI is InChI=1S/C20H36O4/c21-18-14-10-12-16-19(22)15-11-8-6-4-2-1-3-5-7-9-13-17-20(23)24/h6,8,11,15,19,21-22H,1-5,7,9-10,12-14,16-18H2,(H,23,24)/b8-6+,15-11-/t19-/m0/s1. The Bertz CT molecular complexity index is 337. The molecule has 0 unspecified atom stereocenters. The normalized spacial score (nSPS) is 13.1. The van der Waals surface area contributed by atoms with Crippen molar-refractivity contribution in [1.29, 1.82) is 0 Å². The molecule has 0 aromatic rings. The number of unbranched alkanes of at least 4 members (excludes halogenated alkanes) is 9. The van der Waals surface area contributed by atoms with Crippen LogP contribution in [0.15, 0.2) is 24.3 Å². The molecule has 4 nitrogen and oxygen atoms in total. The van der Waals surface area contributed by atoms with Gasteiger partial charge < -0.3 is 15.3 Å². The van der Waals surface area contributed by atoms with E-state index in [0.717, 1.165) is 51.4 Å². The van der Waals surface area contributed by atoms with Crippen molar-refractivity contribution in [3.63, 3.8) is 0 Å². The van der Waals surface area contributed by atoms with E-state index in [4.69, 9.17) is 10.2 Å². The lowest BCUT2D eigenvalue weighted by Crippen LogP contribution is -2.01. The Morgan fingerprint density at radius 3 is 2.12 bits per heavy atom. The molecule has 3 N–H and O–H groups in total. The molecule has 0 aromatic heterocycles. The van der Waals surface area contributed by atoms with Gasteiger partial charge in [-0.25, -0.2) is 0 Å². The molecule has 0 aliphatic heterocycles. The molecular formula is C20H36O4. The van der Waals surface area contributed by atoms with E-state index in [-0.39, 0.29) is 12.7 Å². The molecule has 0 amide bonds. The molecule has 0 aliphatic carbocycles. The van der Waals surface area contributed by atoms with Crippen LogP contribution >= 0.6 is 0 Å². The van der Waals surface area contributed by atoms with Crippen molar-refractivity contribution >= 4 is 5.97 Å². The fourth-order valence-corrected chi connectivity index (χ4v) is 2.53. The van der Waals surface area contributed by atoms with Crippen LogP contribution in [0.3, 0.4) is 0 Å². The Morgan fingerprint density at radius 2 is 1.46 bits per heavy atom. The van der Waals surface area contributed by atoms with Gasteiger partial charge in [0, 0.05) is 13.0 Å². The third-order valence-corrected chi connectivity index (χ3v) is 4.00. The molecule has 1 atom stereocenters. The smallest absolute Gasteiger partial charge is 0.303 e. The van der Waals surface area contributed by atoms with Gasteiger partial charge in [0.2, 0.25) is 0 Å². The van der Waals surface area contributed by atoms with Gasteiger partial charge in [-0.05, 0) is 32.1 Å². The number of rotatable bonds is 17. The number of aliphatic carboxylic acids is 1. The van der Waals surface area contributed by atoms with Crippen LogP contribution in [0.2, 0.25) is 0 Å². The quantitative estimate of drug-likeness (QED) is 0.267. The number of aliphatic hydroxyl groups is 2. The molecule has 0 fully saturated rings. The number of hydrogen-bond acceptors (Lipinski definition) is 3. The van der Waals surface area contributed by atoms with E-state index >= 15 is 0 Å². The first kappa shape index (κ1) is 22.9. The van der Waals surface area contributed by atoms with Crippen LogP contribution < -0.4 is 0 Å². The zero-order chi connectivity index (χ0) is 17.9. The van der Waals surface area contributed by atoms with Crippen LogP contribution in [0.4, 0.5) is 0 Å². The molecule has 4 heteroatoms. The van der Waals surface area contributed by atoms with Crippen LogP contribution in [-0.2, 0) is 4.79 Å². The predicted octanol–water partition coefficient (Wildman–Crippen LogP) is 4.61. The van der Waals surface area contributed by atoms with Crippen molar-refractivity contribution in [2.24, 2.45) is 0 Å². The number of allylic oxidation sites excluding steroid dienone is 3. The minimum Gasteiger partial charge on any atom is -0.481 e. The average Bonchev–Trinajstić information content (AvgIpc) is 2.55. The highest BCUT2D eigenvalue weighted by molar-refractivity contribution is 5.66. The summed E-state index contributed by atoms with van der Waals surface area (Å²) >= 11 is 0. The van der Waals surface area contributed by atoms with E-state index in [1.807, 2.05) is 18.2 Å². The Kier molecular flexibility index (Phi) is 17.4. The maximum Gasteiger partial charge on any atom is 0.303 e. The zero-order valence-electron chi connectivity index (χ0n) is 15.0. The molecule has 0 saturated heterocycles. The molecule has 140 valence electrons. The van der Waals surface area contributed by atoms with E-state index in [1.54, 1.807) is 0 Å². The Hall–Kier alpha value is -1.13. The lowest BCUT2D eigenvalue weighted by atomic mass is 10.1. The molecule has 0 rings (SSSR count). The largest absolute Gasteiger partial charge is 0.481 e. The van der Waals surface area contributed by atoms with Crippen LogP contribution in [0, 0.1) is 0 Å². The summed E-state index contributed by atoms with van der Waals surface area (Å²) in [5, 5.41) is 26.9. The highest BCUT2D eigenvalue weighted by Gasteiger charge is 1.98. The number of carbonyl (C=O) groups is 1. The second-order valence-corrected chi connectivity index (χ2v) is 6.36. The third kappa shape index (κ3) is 18.9. The van der Waals surface area contributed by atoms with Crippen LogP contribution in [0.1, 0.15) is 83.5 Å². The topological polar surface area (TPSA) is 77.8 Å². The van der Waals surface area contributed by atoms with Crippen molar-refractivity contribution in [3.8, 4) is 0 Å². The molecular weight excluding hydrogens is 304 g/mol. The molecule has 0 saturated carbocycles. The minimum atomic E-state index is -0.690. The molecule has 0 heterocycles. The highest BCUT2D eigenvalue weighted by Crippen LogP contribution is 2.10. The van der Waals surface area contributed by atoms with Crippen molar-refractivity contribution in [3.05, 3.63) is 24.3 Å². The lowest BCUT2D eigenvalue weighted by molar-refractivity contribution is -0.137. The summed E-state index contributed by atoms with van der Waals surface area (Å²) < 4.78 is 0. The first-order chi connectivity index (χ1) is 11.7. The molecule has 0 bridgehead atoms. The molecule has 0 radical (unpaired) electrons. The van der Waals surface area contributed by atoms with Gasteiger partial charge in [-0.15, -0.1) is 0 Å². The molecule has 24 heavy (non-hydrogen) atoms. The third-order valence-electron chi connectivity index (χ3n) is 4.00. The van der Waals surface area contributed by atoms with E-state index < -0.39 is 5.97 Å². The molecule has 0 aliphatic rings. The van der Waals surface area contributed by atoms with Crippen molar-refractivity contribution < 1.29 is 20.1 Å². The SMILES string of the molecule is O=C(O)CCCCCCCCC/C=C/C=C\[C@H](O)CCCCCO. The maximum atomic E-state index is 10.4. The van der Waals surface area contributed by atoms with Gasteiger partial charge in [-0.1, -0.05) is 69.2 Å². The second kappa shape index (κ2) is 18.2. The Labute approximate surface area is 147 Å². The Balaban J connectivity index is 3.33. The van der Waals surface area contributed by atoms with Crippen molar-refractivity contribution in [2.45, 2.75) is 89.6 Å². The summed E-state index contributed by atoms with van der Waals surface area (Å²) in [4.78, 5) is 10.4. The molecule has 0 spiro atoms. The summed E-state index contributed by atoms with van der Waals surface area (Å²) in [6.45, 7) is 0.236. The summed E-state index contributed by atoms with van der Waals surface area (Å²) in [5.74, 6) is -0.690. The van der Waals surface area contributed by atoms with Crippen molar-refractivity contribution in [1.82, 2.24) is 0 Å². The van der Waals surface area contributed by atoms with Gasteiger partial charge in [-0.2, -0.15) is 0 Å². The lowest BCUT2D eigenvalue weighted by Gasteiger charge is -2.03. The zero-order valence-corrected chi connectivity index (χ0v) is 15.0. The van der Waals surface area contributed by atoms with Crippen molar-refractivity contribution in [2.75, 3.05) is 6.61 Å². The van der Waals surface area contributed by atoms with Gasteiger partial charge in [0.1, 0.15) is 0 Å². The summed E-state index contributed by atoms with van der Waals surface area (Å²) in [7, 11) is 0. The maximum absolute atomic E-state index is 10.4. The predicted molar refractivity (Wildman–Crippen MR) is 99.0 cm³/mol. The number of hydrogen-bond donors (Lipinski definition) is 3. The fourth-order valence-electron chi connectivity index (χ4n) is 2.53. The second-order valence-electron chi connectivity index (χ2n) is 6.36. The van der Waals surface area contributed by atoms with Crippen LogP contribution in [-0.4, -0.2) is 34.0 Å². The van der Waals surface area contributed by atoms with E-state index in [9.17, 15) is 9.90 Å². The molecule has 0 aromatic carbocycles. The monoisotopic (exact) mass is 340 g/mol. The van der Waals surface area contributed by atoms with E-state index in [1.165, 1.54) is 25.7 Å². The van der Waals surface area contributed by atoms with Gasteiger partial charge in [0.25, 0.3) is 0 Å². The number of carboxylic acids is 1. The Morgan fingerprint density at radius 1 is 0.833 bits per heavy atom. The summed E-state index contributed by atoms with van der Waals surface area (Å²) in [6.07, 6.45) is 20.2. The first-order valence-electron chi connectivity index (χ1n) is 9.51. The fraction of sp³-hybridized carbons (Fsp3) is 0.750. The number of aliphatic hydroxyl groups excluding tert-OH is 2. The highest BCUT2D eigenvalue weighted by atomic mass is 16.4. The van der Waals surface area contributed by atoms with Gasteiger partial charge in [-0.3, -0.25) is 4.79 Å². The average molecular weight is 341 g/mol. The number of carboxylic acid groups (broad SMARTS) is 1. The van der Waals surface area contributed by atoms with Gasteiger partial charge in [0.15, 0.2) is 0 Å². The summed E-state index contributed by atoms with van der Waals surface area (Å²) in [5.41, 5.74) is 0. The van der Waals surface area contributed by atoms with Crippen LogP contribution in [0.5, 0.6) is 0 Å². The van der Waals surface area contributed by atoms with Gasteiger partial charge in [0.05, 0.1) is 6.10 Å². The minimum absolute atomic E-state index is 0.236. The first-order valence-corrected chi connectivity index (χ1v) is 9.51.